The van der Waals surface area contributed by atoms with Gasteiger partial charge in [0, 0.05) is 5.12 Å². The molecule has 20 heteroatoms. The van der Waals surface area contributed by atoms with Gasteiger partial charge in [0.2, 0.25) is 0 Å². The smallest absolute Gasteiger partial charge is 0.263 e. The first-order valence-electron chi connectivity index (χ1n) is 5.50. The summed E-state index contributed by atoms with van der Waals surface area (Å²) in [5.74, 6) is -7.27. The lowest BCUT2D eigenvalue weighted by molar-refractivity contribution is -0.517. The van der Waals surface area contributed by atoms with E-state index in [1.54, 1.807) is 0 Å². The minimum Gasteiger partial charge on any atom is -0.263 e. The summed E-state index contributed by atoms with van der Waals surface area (Å²) in [6.45, 7) is 0. The van der Waals surface area contributed by atoms with E-state index in [1.807, 2.05) is 0 Å². The molecule has 3 nitrogen and oxygen atoms in total. The average Bonchev–Trinajstić information content (AvgIpc) is 2.40. The number of rotatable bonds is 6. The molecule has 2 atom stereocenters. The van der Waals surface area contributed by atoms with Gasteiger partial charge in [-0.3, -0.25) is 9.53 Å². The summed E-state index contributed by atoms with van der Waals surface area (Å²) in [6, 6.07) is -13.0. The van der Waals surface area contributed by atoms with E-state index in [9.17, 15) is 79.5 Å². The van der Waals surface area contributed by atoms with E-state index in [2.05, 4.69) is 0 Å². The normalized spacial score (nSPS) is 19.4. The van der Waals surface area contributed by atoms with Crippen LogP contribution in [0.15, 0.2) is 0 Å². The van der Waals surface area contributed by atoms with Gasteiger partial charge in [-0.25, -0.2) is 4.39 Å². The van der Waals surface area contributed by atoms with Gasteiger partial charge in [0.1, 0.15) is 0 Å². The monoisotopic (exact) mass is 465 g/mol. The first-order chi connectivity index (χ1) is 11.8. The molecule has 0 rings (SSSR count). The molecule has 0 heterocycles. The van der Waals surface area contributed by atoms with Gasteiger partial charge in [0.25, 0.3) is 0 Å². The fourth-order valence-electron chi connectivity index (χ4n) is 1.26. The van der Waals surface area contributed by atoms with Crippen LogP contribution in [-0.4, -0.2) is 53.5 Å². The molecule has 0 saturated carbocycles. The van der Waals surface area contributed by atoms with E-state index < -0.39 is 53.5 Å². The molecule has 0 bridgehead atoms. The third kappa shape index (κ3) is 3.92. The largest absolute Gasteiger partial charge is 0.492 e. The van der Waals surface area contributed by atoms with Crippen LogP contribution in [0.3, 0.4) is 0 Å². The van der Waals surface area contributed by atoms with Crippen LogP contribution in [0.4, 0.5) is 74.7 Å². The summed E-state index contributed by atoms with van der Waals surface area (Å²) in [5, 5.41) is -4.45. The van der Waals surface area contributed by atoms with Crippen LogP contribution in [0.1, 0.15) is 0 Å². The molecule has 28 heavy (non-hydrogen) atoms. The fourth-order valence-corrected chi connectivity index (χ4v) is 1.26. The maximum Gasteiger partial charge on any atom is 0.492 e. The lowest BCUT2D eigenvalue weighted by Crippen LogP contribution is -2.73. The van der Waals surface area contributed by atoms with Crippen molar-refractivity contribution in [1.82, 2.24) is 5.12 Å². The maximum absolute atomic E-state index is 13.5. The fraction of sp³-hybridized carbons (Fsp3) is 0.875. The number of hydrogen-bond donors (Lipinski definition) is 0. The molecular formula is C8F17NO2. The van der Waals surface area contributed by atoms with Crippen molar-refractivity contribution >= 4 is 6.04 Å². The van der Waals surface area contributed by atoms with Crippen molar-refractivity contribution in [2.75, 3.05) is 0 Å². The number of halogens is 17. The van der Waals surface area contributed by atoms with E-state index in [0.29, 0.717) is 0 Å². The van der Waals surface area contributed by atoms with E-state index in [0.717, 1.165) is 0 Å². The number of ether oxygens (including phenoxy) is 1. The zero-order chi connectivity index (χ0) is 23.4. The third-order valence-corrected chi connectivity index (χ3v) is 2.56. The summed E-state index contributed by atoms with van der Waals surface area (Å²) < 4.78 is 213. The van der Waals surface area contributed by atoms with Crippen LogP contribution in [0.25, 0.3) is 0 Å². The Morgan fingerprint density at radius 1 is 0.679 bits per heavy atom. The van der Waals surface area contributed by atoms with Gasteiger partial charge >= 0.3 is 48.4 Å². The zero-order valence-corrected chi connectivity index (χ0v) is 11.7. The van der Waals surface area contributed by atoms with E-state index in [1.165, 1.54) is 4.74 Å². The van der Waals surface area contributed by atoms with Gasteiger partial charge in [0.15, 0.2) is 0 Å². The number of alkyl halides is 15. The van der Waals surface area contributed by atoms with Crippen LogP contribution >= 0.6 is 0 Å². The molecule has 168 valence electrons. The van der Waals surface area contributed by atoms with E-state index in [-0.39, 0.29) is 0 Å². The molecule has 0 aliphatic rings. The Balaban J connectivity index is 6.78. The van der Waals surface area contributed by atoms with E-state index in [4.69, 9.17) is 0 Å². The minimum atomic E-state index is -8.45. The number of nitrogens with zero attached hydrogens (tertiary/aromatic N) is 1. The zero-order valence-electron chi connectivity index (χ0n) is 11.7. The summed E-state index contributed by atoms with van der Waals surface area (Å²) in [4.78, 5) is 9.83. The molecule has 0 aliphatic carbocycles. The molecule has 0 radical (unpaired) electrons. The minimum absolute atomic E-state index is 1.31. The predicted molar refractivity (Wildman–Crippen MR) is 45.9 cm³/mol. The first kappa shape index (κ1) is 26.4. The van der Waals surface area contributed by atoms with Crippen LogP contribution < -0.4 is 0 Å². The summed E-state index contributed by atoms with van der Waals surface area (Å²) in [7, 11) is 0. The maximum atomic E-state index is 13.5. The van der Waals surface area contributed by atoms with Crippen molar-refractivity contribution in [3.63, 3.8) is 0 Å². The van der Waals surface area contributed by atoms with Crippen LogP contribution in [-0.2, 0) is 9.53 Å². The topological polar surface area (TPSA) is 29.5 Å². The summed E-state index contributed by atoms with van der Waals surface area (Å²) in [5.41, 5.74) is -8.45. The number of carbonyl (C=O) groups is 1. The number of carbonyl (C=O) groups excluding carboxylic acids is 1. The molecule has 0 fully saturated rings. The number of hydrogen-bond acceptors (Lipinski definition) is 3. The van der Waals surface area contributed by atoms with Gasteiger partial charge in [0.05, 0.1) is 0 Å². The van der Waals surface area contributed by atoms with Crippen molar-refractivity contribution in [2.24, 2.45) is 0 Å². The highest BCUT2D eigenvalue weighted by molar-refractivity contribution is 5.77. The van der Waals surface area contributed by atoms with Gasteiger partial charge < -0.3 is 0 Å². The third-order valence-electron chi connectivity index (χ3n) is 2.56. The molecule has 0 aromatic carbocycles. The van der Waals surface area contributed by atoms with Crippen molar-refractivity contribution in [2.45, 2.75) is 42.3 Å². The lowest BCUT2D eigenvalue weighted by Gasteiger charge is -2.42. The Morgan fingerprint density at radius 3 is 1.25 bits per heavy atom. The van der Waals surface area contributed by atoms with Gasteiger partial charge in [-0.1, -0.05) is 0 Å². The second-order valence-electron chi connectivity index (χ2n) is 4.43. The van der Waals surface area contributed by atoms with Crippen LogP contribution in [0.5, 0.6) is 0 Å². The summed E-state index contributed by atoms with van der Waals surface area (Å²) in [6.07, 6.45) is -31.1. The molecule has 0 aromatic rings. The molecule has 2 unspecified atom stereocenters. The highest BCUT2D eigenvalue weighted by atomic mass is 19.4. The van der Waals surface area contributed by atoms with Gasteiger partial charge in [-0.15, -0.1) is 4.48 Å². The quantitative estimate of drug-likeness (QED) is 0.242. The standard InChI is InChI=1S/C8F17NO2/c9-1(27)2(10,4(12,13)14)28-7(20,21)3(11,5(15,16)17)6(18,19)26(25)8(22,23)24. The molecule has 0 saturated heterocycles. The molecule has 0 aromatic heterocycles. The molecule has 0 N–H and O–H groups in total. The molecular weight excluding hydrogens is 465 g/mol. The Morgan fingerprint density at radius 2 is 1.04 bits per heavy atom. The second kappa shape index (κ2) is 6.73. The van der Waals surface area contributed by atoms with Gasteiger partial charge in [-0.2, -0.15) is 65.9 Å². The Labute approximate surface area is 139 Å². The van der Waals surface area contributed by atoms with Gasteiger partial charge in [-0.05, 0) is 0 Å². The van der Waals surface area contributed by atoms with Crippen LogP contribution in [0.2, 0.25) is 0 Å². The molecule has 0 spiro atoms. The van der Waals surface area contributed by atoms with E-state index >= 15 is 0 Å². The second-order valence-corrected chi connectivity index (χ2v) is 4.43. The van der Waals surface area contributed by atoms with Crippen molar-refractivity contribution in [1.29, 1.82) is 0 Å². The molecule has 0 amide bonds. The Bertz CT molecular complexity index is 591. The first-order valence-corrected chi connectivity index (χ1v) is 5.50. The van der Waals surface area contributed by atoms with Crippen molar-refractivity contribution < 1.29 is 84.3 Å². The highest BCUT2D eigenvalue weighted by Crippen LogP contribution is 2.59. The van der Waals surface area contributed by atoms with Crippen LogP contribution in [0, 0.1) is 0 Å². The SMILES string of the molecule is O=C(F)C(F)(OC(F)(F)C(F)(C(F)(F)F)C(F)(F)N(F)C(F)(F)F)C(F)(F)F. The Hall–Kier alpha value is -1.60. The molecule has 0 aliphatic heterocycles. The average molecular weight is 465 g/mol. The highest BCUT2D eigenvalue weighted by Gasteiger charge is 2.90. The Kier molecular flexibility index (Phi) is 6.35. The van der Waals surface area contributed by atoms with Crippen molar-refractivity contribution in [3.8, 4) is 0 Å². The van der Waals surface area contributed by atoms with Crippen molar-refractivity contribution in [3.05, 3.63) is 0 Å². The lowest BCUT2D eigenvalue weighted by atomic mass is 10.00. The summed E-state index contributed by atoms with van der Waals surface area (Å²) >= 11 is 0. The predicted octanol–water partition coefficient (Wildman–Crippen LogP) is 4.89.